The van der Waals surface area contributed by atoms with Crippen LogP contribution in [0.1, 0.15) is 37.0 Å². The highest BCUT2D eigenvalue weighted by Gasteiger charge is 2.34. The van der Waals surface area contributed by atoms with E-state index in [0.29, 0.717) is 39.8 Å². The lowest BCUT2D eigenvalue weighted by atomic mass is 10.1. The Balaban J connectivity index is 2.09. The number of aryl methyl sites for hydroxylation is 2. The number of para-hydroxylation sites is 1. The molecule has 39 heavy (non-hydrogen) atoms. The zero-order chi connectivity index (χ0) is 28.7. The summed E-state index contributed by atoms with van der Waals surface area (Å²) >= 11 is 12.5. The van der Waals surface area contributed by atoms with Gasteiger partial charge in [-0.15, -0.1) is 0 Å². The van der Waals surface area contributed by atoms with Crippen LogP contribution in [0.15, 0.2) is 71.6 Å². The van der Waals surface area contributed by atoms with Crippen molar-refractivity contribution >= 4 is 50.7 Å². The molecule has 3 aromatic carbocycles. The van der Waals surface area contributed by atoms with Crippen LogP contribution in [-0.4, -0.2) is 44.3 Å². The molecule has 3 rings (SSSR count). The molecule has 0 heterocycles. The van der Waals surface area contributed by atoms with E-state index in [2.05, 4.69) is 5.32 Å². The second kappa shape index (κ2) is 13.3. The van der Waals surface area contributed by atoms with Gasteiger partial charge >= 0.3 is 0 Å². The first kappa shape index (κ1) is 30.5. The van der Waals surface area contributed by atoms with Crippen LogP contribution in [-0.2, 0) is 26.2 Å². The summed E-state index contributed by atoms with van der Waals surface area (Å²) in [5.74, 6) is -0.875. The summed E-state index contributed by atoms with van der Waals surface area (Å²) in [5, 5.41) is 3.56. The number of hydrogen-bond donors (Lipinski definition) is 1. The van der Waals surface area contributed by atoms with Crippen molar-refractivity contribution in [1.82, 2.24) is 10.2 Å². The van der Waals surface area contributed by atoms with E-state index < -0.39 is 28.5 Å². The van der Waals surface area contributed by atoms with Gasteiger partial charge in [0, 0.05) is 23.1 Å². The molecule has 1 N–H and O–H groups in total. The summed E-state index contributed by atoms with van der Waals surface area (Å²) in [4.78, 5) is 28.5. The van der Waals surface area contributed by atoms with Gasteiger partial charge in [-0.25, -0.2) is 8.42 Å². The van der Waals surface area contributed by atoms with E-state index in [1.54, 1.807) is 75.4 Å². The molecule has 208 valence electrons. The Bertz CT molecular complexity index is 1430. The van der Waals surface area contributed by atoms with Gasteiger partial charge in [0.1, 0.15) is 12.6 Å². The molecule has 1 atom stereocenters. The third-order valence-electron chi connectivity index (χ3n) is 6.36. The van der Waals surface area contributed by atoms with Gasteiger partial charge < -0.3 is 10.2 Å². The molecule has 0 saturated carbocycles. The molecule has 10 heteroatoms. The highest BCUT2D eigenvalue weighted by molar-refractivity contribution is 7.92. The number of halogens is 2. The Morgan fingerprint density at radius 2 is 1.62 bits per heavy atom. The molecule has 7 nitrogen and oxygen atoms in total. The third-order valence-corrected chi connectivity index (χ3v) is 8.73. The van der Waals surface area contributed by atoms with Crippen molar-refractivity contribution in [3.05, 3.63) is 93.5 Å². The zero-order valence-electron chi connectivity index (χ0n) is 22.4. The number of rotatable bonds is 11. The van der Waals surface area contributed by atoms with Gasteiger partial charge in [0.15, 0.2) is 0 Å². The van der Waals surface area contributed by atoms with Gasteiger partial charge in [-0.1, -0.05) is 72.1 Å². The van der Waals surface area contributed by atoms with Crippen molar-refractivity contribution in [3.63, 3.8) is 0 Å². The summed E-state index contributed by atoms with van der Waals surface area (Å²) in [6, 6.07) is 17.5. The van der Waals surface area contributed by atoms with E-state index >= 15 is 0 Å². The number of likely N-dealkylation sites (N-methyl/N-ethyl adjacent to an activating group) is 1. The number of hydrogen-bond acceptors (Lipinski definition) is 4. The van der Waals surface area contributed by atoms with Gasteiger partial charge in [0.2, 0.25) is 11.8 Å². The first-order valence-corrected chi connectivity index (χ1v) is 14.8. The first-order chi connectivity index (χ1) is 18.5. The number of nitrogens with zero attached hydrogens (tertiary/aromatic N) is 2. The molecule has 0 bridgehead atoms. The second-order valence-corrected chi connectivity index (χ2v) is 11.9. The minimum atomic E-state index is -4.13. The highest BCUT2D eigenvalue weighted by Crippen LogP contribution is 2.28. The van der Waals surface area contributed by atoms with Gasteiger partial charge in [-0.3, -0.25) is 13.9 Å². The van der Waals surface area contributed by atoms with Crippen LogP contribution in [0, 0.1) is 13.8 Å². The van der Waals surface area contributed by atoms with Crippen LogP contribution >= 0.6 is 23.2 Å². The topological polar surface area (TPSA) is 86.8 Å². The molecular formula is C29H33Cl2N3O4S. The molecule has 0 aliphatic carbocycles. The van der Waals surface area contributed by atoms with Crippen molar-refractivity contribution in [2.45, 2.75) is 51.6 Å². The zero-order valence-corrected chi connectivity index (χ0v) is 24.8. The second-order valence-electron chi connectivity index (χ2n) is 9.19. The maximum atomic E-state index is 14.0. The standard InChI is InChI=1S/C29H33Cl2N3O4S/c1-5-26(29(36)32-6-2)33(18-22-13-14-23(30)17-25(22)31)28(35)19-34(27-10-8-7-9-21(27)4)39(37,38)24-15-11-20(3)12-16-24/h7-17,26H,5-6,18-19H2,1-4H3,(H,32,36)/t26-/m0/s1. The molecule has 0 aromatic heterocycles. The summed E-state index contributed by atoms with van der Waals surface area (Å²) in [7, 11) is -4.13. The first-order valence-electron chi connectivity index (χ1n) is 12.7. The number of benzene rings is 3. The number of anilines is 1. The summed E-state index contributed by atoms with van der Waals surface area (Å²) in [5.41, 5.74) is 2.55. The number of sulfonamides is 1. The Kier molecular flexibility index (Phi) is 10.4. The minimum absolute atomic E-state index is 0.00331. The number of carbonyl (C=O) groups is 2. The fraction of sp³-hybridized carbons (Fsp3) is 0.310. The average Bonchev–Trinajstić information content (AvgIpc) is 2.89. The van der Waals surface area contributed by atoms with Crippen molar-refractivity contribution < 1.29 is 18.0 Å². The quantitative estimate of drug-likeness (QED) is 0.308. The minimum Gasteiger partial charge on any atom is -0.355 e. The Hall–Kier alpha value is -3.07. The molecule has 2 amide bonds. The summed E-state index contributed by atoms with van der Waals surface area (Å²) in [6.07, 6.45) is 0.317. The lowest BCUT2D eigenvalue weighted by Gasteiger charge is -2.33. The van der Waals surface area contributed by atoms with Crippen molar-refractivity contribution in [3.8, 4) is 0 Å². The van der Waals surface area contributed by atoms with Gasteiger partial charge in [0.05, 0.1) is 10.6 Å². The number of carbonyl (C=O) groups excluding carboxylic acids is 2. The van der Waals surface area contributed by atoms with Crippen LogP contribution in [0.5, 0.6) is 0 Å². The predicted octanol–water partition coefficient (Wildman–Crippen LogP) is 5.75. The van der Waals surface area contributed by atoms with Gasteiger partial charge in [0.25, 0.3) is 10.0 Å². The fourth-order valence-electron chi connectivity index (χ4n) is 4.24. The Labute approximate surface area is 240 Å². The highest BCUT2D eigenvalue weighted by atomic mass is 35.5. The van der Waals surface area contributed by atoms with E-state index in [4.69, 9.17) is 23.2 Å². The Morgan fingerprint density at radius 3 is 2.21 bits per heavy atom. The van der Waals surface area contributed by atoms with Crippen LogP contribution in [0.25, 0.3) is 0 Å². The van der Waals surface area contributed by atoms with Crippen LogP contribution in [0.4, 0.5) is 5.69 Å². The van der Waals surface area contributed by atoms with E-state index in [9.17, 15) is 18.0 Å². The normalized spacial score (nSPS) is 12.1. The lowest BCUT2D eigenvalue weighted by molar-refractivity contribution is -0.140. The van der Waals surface area contributed by atoms with Crippen LogP contribution < -0.4 is 9.62 Å². The van der Waals surface area contributed by atoms with Gasteiger partial charge in [-0.2, -0.15) is 0 Å². The predicted molar refractivity (Wildman–Crippen MR) is 157 cm³/mol. The lowest BCUT2D eigenvalue weighted by Crippen LogP contribution is -2.52. The van der Waals surface area contributed by atoms with Crippen molar-refractivity contribution in [2.75, 3.05) is 17.4 Å². The molecule has 0 unspecified atom stereocenters. The molecule has 0 aliphatic heterocycles. The van der Waals surface area contributed by atoms with E-state index in [0.717, 1.165) is 9.87 Å². The van der Waals surface area contributed by atoms with Crippen molar-refractivity contribution in [1.29, 1.82) is 0 Å². The van der Waals surface area contributed by atoms with Gasteiger partial charge in [-0.05, 0) is 68.7 Å². The SMILES string of the molecule is CCNC(=O)[C@H](CC)N(Cc1ccc(Cl)cc1Cl)C(=O)CN(c1ccccc1C)S(=O)(=O)c1ccc(C)cc1. The van der Waals surface area contributed by atoms with Crippen LogP contribution in [0.3, 0.4) is 0 Å². The third kappa shape index (κ3) is 7.32. The summed E-state index contributed by atoms with van der Waals surface area (Å²) in [6.45, 7) is 7.11. The maximum Gasteiger partial charge on any atom is 0.264 e. The summed E-state index contributed by atoms with van der Waals surface area (Å²) < 4.78 is 28.9. The van der Waals surface area contributed by atoms with Crippen LogP contribution in [0.2, 0.25) is 10.0 Å². The monoisotopic (exact) mass is 589 g/mol. The number of amides is 2. The fourth-order valence-corrected chi connectivity index (χ4v) is 6.19. The molecule has 3 aromatic rings. The molecule has 0 radical (unpaired) electrons. The molecule has 0 saturated heterocycles. The molecule has 0 fully saturated rings. The Morgan fingerprint density at radius 1 is 0.949 bits per heavy atom. The molecule has 0 spiro atoms. The average molecular weight is 591 g/mol. The van der Waals surface area contributed by atoms with E-state index in [1.807, 2.05) is 6.92 Å². The van der Waals surface area contributed by atoms with E-state index in [1.165, 1.54) is 17.0 Å². The number of nitrogens with one attached hydrogen (secondary N) is 1. The smallest absolute Gasteiger partial charge is 0.264 e. The van der Waals surface area contributed by atoms with Crippen molar-refractivity contribution in [2.24, 2.45) is 0 Å². The maximum absolute atomic E-state index is 14.0. The molecule has 0 aliphatic rings. The van der Waals surface area contributed by atoms with E-state index in [-0.39, 0.29) is 17.3 Å². The molecular weight excluding hydrogens is 557 g/mol. The largest absolute Gasteiger partial charge is 0.355 e.